The summed E-state index contributed by atoms with van der Waals surface area (Å²) in [6.07, 6.45) is 1.53. The molecule has 1 saturated heterocycles. The third-order valence-electron chi connectivity index (χ3n) is 4.46. The summed E-state index contributed by atoms with van der Waals surface area (Å²) in [5, 5.41) is 0.904. The van der Waals surface area contributed by atoms with Gasteiger partial charge in [0.15, 0.2) is 0 Å². The molecule has 27 heavy (non-hydrogen) atoms. The van der Waals surface area contributed by atoms with Gasteiger partial charge in [-0.15, -0.1) is 0 Å². The molecule has 1 fully saturated rings. The van der Waals surface area contributed by atoms with Gasteiger partial charge in [0.2, 0.25) is 10.0 Å². The normalized spacial score (nSPS) is 17.7. The van der Waals surface area contributed by atoms with Gasteiger partial charge in [-0.25, -0.2) is 13.4 Å². The summed E-state index contributed by atoms with van der Waals surface area (Å²) in [6.45, 7) is 2.10. The van der Waals surface area contributed by atoms with Crippen LogP contribution in [0.5, 0.6) is 0 Å². The van der Waals surface area contributed by atoms with Gasteiger partial charge >= 0.3 is 0 Å². The monoisotopic (exact) mass is 390 g/mol. The Kier molecular flexibility index (Phi) is 5.71. The number of carbonyl (C=O) groups is 2. The van der Waals surface area contributed by atoms with Crippen molar-refractivity contribution in [2.75, 3.05) is 12.3 Å². The fraction of sp³-hybridized carbons (Fsp3) is 0.389. The smallest absolute Gasteiger partial charge is 0.271 e. The zero-order chi connectivity index (χ0) is 19.4. The highest BCUT2D eigenvalue weighted by atomic mass is 32.2. The zero-order valence-electron chi connectivity index (χ0n) is 15.0. The van der Waals surface area contributed by atoms with Crippen molar-refractivity contribution in [3.05, 3.63) is 42.1 Å². The Morgan fingerprint density at radius 2 is 1.96 bits per heavy atom. The molecule has 2 heterocycles. The lowest BCUT2D eigenvalue weighted by atomic mass is 10.2. The molecule has 0 spiro atoms. The number of rotatable bonds is 5. The van der Waals surface area contributed by atoms with Crippen LogP contribution in [0.25, 0.3) is 10.9 Å². The van der Waals surface area contributed by atoms with Gasteiger partial charge in [0, 0.05) is 11.9 Å². The van der Waals surface area contributed by atoms with E-state index in [4.69, 9.17) is 0 Å². The average Bonchev–Trinajstić information content (AvgIpc) is 3.16. The number of aromatic nitrogens is 1. The Bertz CT molecular complexity index is 961. The Morgan fingerprint density at radius 1 is 1.19 bits per heavy atom. The minimum absolute atomic E-state index is 0.00412. The molecule has 3 rings (SSSR count). The van der Waals surface area contributed by atoms with Crippen molar-refractivity contribution >= 4 is 32.7 Å². The Balaban J connectivity index is 1.64. The second kappa shape index (κ2) is 8.01. The molecule has 1 aromatic heterocycles. The lowest BCUT2D eigenvalue weighted by Crippen LogP contribution is -2.51. The maximum absolute atomic E-state index is 12.4. The number of sulfonamides is 1. The maximum atomic E-state index is 12.4. The third-order valence-corrected chi connectivity index (χ3v) is 6.53. The molecule has 1 atom stereocenters. The van der Waals surface area contributed by atoms with E-state index in [9.17, 15) is 18.0 Å². The fourth-order valence-electron chi connectivity index (χ4n) is 3.17. The second-order valence-electron chi connectivity index (χ2n) is 6.42. The first-order valence-electron chi connectivity index (χ1n) is 8.88. The molecule has 2 amide bonds. The highest BCUT2D eigenvalue weighted by Crippen LogP contribution is 2.21. The first-order valence-corrected chi connectivity index (χ1v) is 10.5. The number of hydrazine groups is 1. The van der Waals surface area contributed by atoms with Crippen molar-refractivity contribution in [2.45, 2.75) is 32.2 Å². The summed E-state index contributed by atoms with van der Waals surface area (Å²) in [7, 11) is -3.47. The van der Waals surface area contributed by atoms with Crippen LogP contribution in [0, 0.1) is 0 Å². The largest absolute Gasteiger partial charge is 0.288 e. The molecule has 0 bridgehead atoms. The predicted molar refractivity (Wildman–Crippen MR) is 101 cm³/mol. The van der Waals surface area contributed by atoms with Crippen molar-refractivity contribution in [1.82, 2.24) is 20.1 Å². The summed E-state index contributed by atoms with van der Waals surface area (Å²) in [5.41, 5.74) is 5.49. The molecule has 1 aromatic carbocycles. The molecule has 9 heteroatoms. The minimum atomic E-state index is -3.47. The van der Waals surface area contributed by atoms with Crippen LogP contribution >= 0.6 is 0 Å². The molecular formula is C18H22N4O4S. The van der Waals surface area contributed by atoms with Gasteiger partial charge in [-0.1, -0.05) is 31.2 Å². The van der Waals surface area contributed by atoms with Crippen LogP contribution in [0.4, 0.5) is 0 Å². The average molecular weight is 390 g/mol. The van der Waals surface area contributed by atoms with Gasteiger partial charge in [0.1, 0.15) is 11.7 Å². The highest BCUT2D eigenvalue weighted by molar-refractivity contribution is 7.89. The van der Waals surface area contributed by atoms with E-state index in [-0.39, 0.29) is 11.4 Å². The van der Waals surface area contributed by atoms with E-state index in [2.05, 4.69) is 15.8 Å². The Hall–Kier alpha value is -2.52. The molecular weight excluding hydrogens is 368 g/mol. The maximum Gasteiger partial charge on any atom is 0.288 e. The molecule has 2 aromatic rings. The molecule has 1 aliphatic rings. The summed E-state index contributed by atoms with van der Waals surface area (Å²) >= 11 is 0. The first-order chi connectivity index (χ1) is 12.9. The van der Waals surface area contributed by atoms with Gasteiger partial charge in [0.25, 0.3) is 11.8 Å². The van der Waals surface area contributed by atoms with Crippen LogP contribution in [0.1, 0.15) is 36.7 Å². The van der Waals surface area contributed by atoms with E-state index in [1.54, 1.807) is 25.1 Å². The molecule has 0 saturated carbocycles. The standard InChI is InChI=1S/C18H22N4O4S/c1-2-12-27(25,26)22-11-5-8-16(22)18(24)21-20-17(23)15-10-9-13-6-3-4-7-14(13)19-15/h3-4,6-7,9-10,16H,2,5,8,11-12H2,1H3,(H,20,23)(H,21,24). The number of amides is 2. The van der Waals surface area contributed by atoms with Crippen LogP contribution in [-0.4, -0.2) is 47.9 Å². The van der Waals surface area contributed by atoms with E-state index in [0.717, 1.165) is 5.39 Å². The number of fused-ring (bicyclic) bond motifs is 1. The molecule has 0 aliphatic carbocycles. The van der Waals surface area contributed by atoms with Crippen molar-refractivity contribution in [3.63, 3.8) is 0 Å². The molecule has 0 radical (unpaired) electrons. The number of nitrogens with zero attached hydrogens (tertiary/aromatic N) is 2. The molecule has 1 aliphatic heterocycles. The first kappa shape index (κ1) is 19.2. The van der Waals surface area contributed by atoms with Crippen LogP contribution in [0.3, 0.4) is 0 Å². The van der Waals surface area contributed by atoms with E-state index < -0.39 is 27.9 Å². The lowest BCUT2D eigenvalue weighted by molar-refractivity contribution is -0.125. The number of pyridine rings is 1. The number of carbonyl (C=O) groups excluding carboxylic acids is 2. The van der Waals surface area contributed by atoms with Gasteiger partial charge in [0.05, 0.1) is 11.3 Å². The molecule has 2 N–H and O–H groups in total. The Morgan fingerprint density at radius 3 is 2.74 bits per heavy atom. The molecule has 144 valence electrons. The number of para-hydroxylation sites is 1. The van der Waals surface area contributed by atoms with Crippen LogP contribution in [0.15, 0.2) is 36.4 Å². The summed E-state index contributed by atoms with van der Waals surface area (Å²) in [6, 6.07) is 9.92. The number of hydrogen-bond acceptors (Lipinski definition) is 5. The van der Waals surface area contributed by atoms with E-state index in [1.165, 1.54) is 4.31 Å². The third kappa shape index (κ3) is 4.25. The van der Waals surface area contributed by atoms with E-state index >= 15 is 0 Å². The lowest BCUT2D eigenvalue weighted by Gasteiger charge is -2.23. The highest BCUT2D eigenvalue weighted by Gasteiger charge is 2.38. The summed E-state index contributed by atoms with van der Waals surface area (Å²) in [4.78, 5) is 28.9. The number of nitrogens with one attached hydrogen (secondary N) is 2. The van der Waals surface area contributed by atoms with Gasteiger partial charge in [-0.05, 0) is 31.4 Å². The Labute approximate surface area is 158 Å². The van der Waals surface area contributed by atoms with Crippen LogP contribution in [-0.2, 0) is 14.8 Å². The summed E-state index contributed by atoms with van der Waals surface area (Å²) < 4.78 is 25.8. The molecule has 1 unspecified atom stereocenters. The van der Waals surface area contributed by atoms with Crippen molar-refractivity contribution < 1.29 is 18.0 Å². The van der Waals surface area contributed by atoms with Crippen LogP contribution < -0.4 is 10.9 Å². The summed E-state index contributed by atoms with van der Waals surface area (Å²) in [5.74, 6) is -1.10. The number of hydrogen-bond donors (Lipinski definition) is 2. The quantitative estimate of drug-likeness (QED) is 0.746. The SMILES string of the molecule is CCCS(=O)(=O)N1CCCC1C(=O)NNC(=O)c1ccc2ccccc2n1. The van der Waals surface area contributed by atoms with Gasteiger partial charge < -0.3 is 0 Å². The van der Waals surface area contributed by atoms with E-state index in [1.807, 2.05) is 18.2 Å². The zero-order valence-corrected chi connectivity index (χ0v) is 15.8. The topological polar surface area (TPSA) is 108 Å². The second-order valence-corrected chi connectivity index (χ2v) is 8.46. The number of benzene rings is 1. The molecule has 8 nitrogen and oxygen atoms in total. The van der Waals surface area contributed by atoms with E-state index in [0.29, 0.717) is 31.3 Å². The van der Waals surface area contributed by atoms with Crippen molar-refractivity contribution in [1.29, 1.82) is 0 Å². The van der Waals surface area contributed by atoms with Crippen LogP contribution in [0.2, 0.25) is 0 Å². The van der Waals surface area contributed by atoms with Crippen molar-refractivity contribution in [2.24, 2.45) is 0 Å². The predicted octanol–water partition coefficient (Wildman–Crippen LogP) is 1.20. The van der Waals surface area contributed by atoms with Gasteiger partial charge in [-0.2, -0.15) is 4.31 Å². The van der Waals surface area contributed by atoms with Crippen molar-refractivity contribution in [3.8, 4) is 0 Å². The fourth-order valence-corrected chi connectivity index (χ4v) is 4.92. The minimum Gasteiger partial charge on any atom is -0.271 e. The van der Waals surface area contributed by atoms with Gasteiger partial charge in [-0.3, -0.25) is 20.4 Å².